The van der Waals surface area contributed by atoms with Gasteiger partial charge >= 0.3 is 0 Å². The quantitative estimate of drug-likeness (QED) is 0.903. The number of benzene rings is 1. The minimum Gasteiger partial charge on any atom is -0.496 e. The fourth-order valence-electron chi connectivity index (χ4n) is 1.52. The third-order valence-electron chi connectivity index (χ3n) is 2.25. The highest BCUT2D eigenvalue weighted by Crippen LogP contribution is 2.33. The molecule has 78 valence electrons. The van der Waals surface area contributed by atoms with Crippen molar-refractivity contribution < 1.29 is 9.84 Å². The Morgan fingerprint density at radius 1 is 1.50 bits per heavy atom. The van der Waals surface area contributed by atoms with Crippen LogP contribution in [0.3, 0.4) is 0 Å². The monoisotopic (exact) mass is 258 g/mol. The summed E-state index contributed by atoms with van der Waals surface area (Å²) in [6, 6.07) is 3.86. The molecule has 0 aromatic heterocycles. The Kier molecular flexibility index (Phi) is 3.96. The molecule has 0 aliphatic heterocycles. The van der Waals surface area contributed by atoms with Crippen molar-refractivity contribution >= 4 is 15.9 Å². The second-order valence-corrected chi connectivity index (χ2v) is 4.18. The summed E-state index contributed by atoms with van der Waals surface area (Å²) >= 11 is 3.40. The first kappa shape index (κ1) is 11.5. The molecule has 0 heterocycles. The Morgan fingerprint density at radius 3 is 2.64 bits per heavy atom. The fourth-order valence-corrected chi connectivity index (χ4v) is 2.07. The van der Waals surface area contributed by atoms with E-state index < -0.39 is 6.10 Å². The fraction of sp³-hybridized carbons (Fsp3) is 0.455. The molecule has 3 heteroatoms. The summed E-state index contributed by atoms with van der Waals surface area (Å²) in [6.45, 7) is 3.92. The molecule has 0 radical (unpaired) electrons. The second kappa shape index (κ2) is 4.80. The maximum atomic E-state index is 9.82. The summed E-state index contributed by atoms with van der Waals surface area (Å²) in [4.78, 5) is 0. The molecule has 1 atom stereocenters. The Morgan fingerprint density at radius 2 is 2.14 bits per heavy atom. The number of aliphatic hydroxyl groups is 1. The third-order valence-corrected chi connectivity index (χ3v) is 2.71. The van der Waals surface area contributed by atoms with Gasteiger partial charge < -0.3 is 9.84 Å². The van der Waals surface area contributed by atoms with Crippen molar-refractivity contribution in [3.63, 3.8) is 0 Å². The number of halogens is 1. The van der Waals surface area contributed by atoms with Crippen molar-refractivity contribution in [1.29, 1.82) is 0 Å². The largest absolute Gasteiger partial charge is 0.496 e. The van der Waals surface area contributed by atoms with Crippen molar-refractivity contribution in [2.24, 2.45) is 0 Å². The van der Waals surface area contributed by atoms with Gasteiger partial charge in [0.2, 0.25) is 0 Å². The molecule has 0 amide bonds. The predicted octanol–water partition coefficient (Wildman–Crippen LogP) is 3.21. The van der Waals surface area contributed by atoms with E-state index in [9.17, 15) is 5.11 Å². The summed E-state index contributed by atoms with van der Waals surface area (Å²) < 4.78 is 6.21. The molecule has 2 nitrogen and oxygen atoms in total. The molecule has 0 saturated heterocycles. The minimum absolute atomic E-state index is 0.446. The van der Waals surface area contributed by atoms with Crippen molar-refractivity contribution in [1.82, 2.24) is 0 Å². The summed E-state index contributed by atoms with van der Waals surface area (Å²) in [5, 5.41) is 9.82. The van der Waals surface area contributed by atoms with E-state index in [1.54, 1.807) is 7.11 Å². The predicted molar refractivity (Wildman–Crippen MR) is 60.7 cm³/mol. The van der Waals surface area contributed by atoms with Gasteiger partial charge in [-0.25, -0.2) is 0 Å². The van der Waals surface area contributed by atoms with Crippen molar-refractivity contribution in [3.05, 3.63) is 27.7 Å². The number of methoxy groups -OCH3 is 1. The van der Waals surface area contributed by atoms with Gasteiger partial charge in [0.05, 0.1) is 13.2 Å². The molecule has 1 N–H and O–H groups in total. The number of rotatable bonds is 3. The van der Waals surface area contributed by atoms with Gasteiger partial charge in [-0.05, 0) is 31.0 Å². The van der Waals surface area contributed by atoms with Gasteiger partial charge in [-0.1, -0.05) is 22.9 Å². The van der Waals surface area contributed by atoms with Gasteiger partial charge in [0.1, 0.15) is 5.75 Å². The highest BCUT2D eigenvalue weighted by atomic mass is 79.9. The molecular weight excluding hydrogens is 244 g/mol. The average molecular weight is 259 g/mol. The van der Waals surface area contributed by atoms with Crippen LogP contribution in [0.1, 0.15) is 30.6 Å². The molecule has 1 unspecified atom stereocenters. The molecule has 1 rings (SSSR count). The molecule has 0 bridgehead atoms. The van der Waals surface area contributed by atoms with Gasteiger partial charge in [0, 0.05) is 10.0 Å². The highest BCUT2D eigenvalue weighted by Gasteiger charge is 2.14. The zero-order valence-corrected chi connectivity index (χ0v) is 10.3. The van der Waals surface area contributed by atoms with Crippen LogP contribution in [0.25, 0.3) is 0 Å². The zero-order chi connectivity index (χ0) is 10.7. The van der Waals surface area contributed by atoms with E-state index in [-0.39, 0.29) is 0 Å². The first-order valence-corrected chi connectivity index (χ1v) is 5.41. The summed E-state index contributed by atoms with van der Waals surface area (Å²) in [5.41, 5.74) is 1.93. The number of hydrogen-bond acceptors (Lipinski definition) is 2. The van der Waals surface area contributed by atoms with Crippen LogP contribution in [0.4, 0.5) is 0 Å². The lowest BCUT2D eigenvalue weighted by molar-refractivity contribution is 0.168. The Hall–Kier alpha value is -0.540. The lowest BCUT2D eigenvalue weighted by Gasteiger charge is -2.16. The van der Waals surface area contributed by atoms with E-state index in [1.807, 2.05) is 26.0 Å². The Balaban J connectivity index is 3.24. The molecule has 0 fully saturated rings. The van der Waals surface area contributed by atoms with Crippen molar-refractivity contribution in [2.75, 3.05) is 7.11 Å². The SMILES string of the molecule is CCC(O)c1c(C)cc(Br)cc1OC. The van der Waals surface area contributed by atoms with Gasteiger partial charge in [-0.2, -0.15) is 0 Å². The number of aryl methyl sites for hydroxylation is 1. The molecule has 14 heavy (non-hydrogen) atoms. The van der Waals surface area contributed by atoms with Crippen LogP contribution in [0.2, 0.25) is 0 Å². The summed E-state index contributed by atoms with van der Waals surface area (Å²) in [7, 11) is 1.62. The second-order valence-electron chi connectivity index (χ2n) is 3.26. The number of ether oxygens (including phenoxy) is 1. The first-order chi connectivity index (χ1) is 6.60. The lowest BCUT2D eigenvalue weighted by Crippen LogP contribution is -2.02. The van der Waals surface area contributed by atoms with Gasteiger partial charge in [0.15, 0.2) is 0 Å². The van der Waals surface area contributed by atoms with Gasteiger partial charge in [-0.15, -0.1) is 0 Å². The van der Waals surface area contributed by atoms with Gasteiger partial charge in [-0.3, -0.25) is 0 Å². The van der Waals surface area contributed by atoms with Crippen LogP contribution >= 0.6 is 15.9 Å². The van der Waals surface area contributed by atoms with Gasteiger partial charge in [0.25, 0.3) is 0 Å². The van der Waals surface area contributed by atoms with Crippen LogP contribution in [0.5, 0.6) is 5.75 Å². The lowest BCUT2D eigenvalue weighted by atomic mass is 10.0. The van der Waals surface area contributed by atoms with E-state index in [1.165, 1.54) is 0 Å². The Labute approximate surface area is 93.0 Å². The van der Waals surface area contributed by atoms with Crippen molar-refractivity contribution in [3.8, 4) is 5.75 Å². The summed E-state index contributed by atoms with van der Waals surface area (Å²) in [5.74, 6) is 0.742. The molecular formula is C11H15BrO2. The molecule has 1 aromatic rings. The van der Waals surface area contributed by atoms with Crippen LogP contribution in [0, 0.1) is 6.92 Å². The maximum absolute atomic E-state index is 9.82. The highest BCUT2D eigenvalue weighted by molar-refractivity contribution is 9.10. The molecule has 0 spiro atoms. The number of hydrogen-bond donors (Lipinski definition) is 1. The van der Waals surface area contributed by atoms with E-state index in [2.05, 4.69) is 15.9 Å². The van der Waals surface area contributed by atoms with Crippen LogP contribution in [-0.2, 0) is 0 Å². The standard InChI is InChI=1S/C11H15BrO2/c1-4-9(13)11-7(2)5-8(12)6-10(11)14-3/h5-6,9,13H,4H2,1-3H3. The minimum atomic E-state index is -0.446. The van der Waals surface area contributed by atoms with E-state index in [0.717, 1.165) is 21.3 Å². The van der Waals surface area contributed by atoms with Crippen LogP contribution in [0.15, 0.2) is 16.6 Å². The molecule has 0 aliphatic rings. The van der Waals surface area contributed by atoms with E-state index >= 15 is 0 Å². The van der Waals surface area contributed by atoms with Crippen LogP contribution < -0.4 is 4.74 Å². The smallest absolute Gasteiger partial charge is 0.126 e. The Bertz CT molecular complexity index is 323. The molecule has 0 saturated carbocycles. The zero-order valence-electron chi connectivity index (χ0n) is 8.67. The first-order valence-electron chi connectivity index (χ1n) is 4.62. The third kappa shape index (κ3) is 2.28. The molecule has 0 aliphatic carbocycles. The normalized spacial score (nSPS) is 12.6. The van der Waals surface area contributed by atoms with Crippen molar-refractivity contribution in [2.45, 2.75) is 26.4 Å². The number of aliphatic hydroxyl groups excluding tert-OH is 1. The summed E-state index contributed by atoms with van der Waals surface area (Å²) in [6.07, 6.45) is 0.247. The molecule has 1 aromatic carbocycles. The van der Waals surface area contributed by atoms with E-state index in [4.69, 9.17) is 4.74 Å². The topological polar surface area (TPSA) is 29.5 Å². The maximum Gasteiger partial charge on any atom is 0.126 e. The van der Waals surface area contributed by atoms with E-state index in [0.29, 0.717) is 6.42 Å². The average Bonchev–Trinajstić information content (AvgIpc) is 2.15. The van der Waals surface area contributed by atoms with Crippen LogP contribution in [-0.4, -0.2) is 12.2 Å².